The first kappa shape index (κ1) is 17.7. The number of imidazole rings is 1. The van der Waals surface area contributed by atoms with Crippen LogP contribution in [0.25, 0.3) is 5.65 Å². The fourth-order valence-corrected chi connectivity index (χ4v) is 3.72. The average molecular weight is 372 g/mol. The lowest BCUT2D eigenvalue weighted by molar-refractivity contribution is 0.0348. The zero-order valence-electron chi connectivity index (χ0n) is 15.7. The molecule has 0 aliphatic carbocycles. The van der Waals surface area contributed by atoms with Crippen molar-refractivity contribution in [2.45, 2.75) is 39.0 Å². The van der Waals surface area contributed by atoms with E-state index in [4.69, 9.17) is 4.52 Å². The van der Waals surface area contributed by atoms with E-state index in [0.717, 1.165) is 29.2 Å². The summed E-state index contributed by atoms with van der Waals surface area (Å²) in [7, 11) is 1.87. The molecule has 144 valence electrons. The van der Waals surface area contributed by atoms with E-state index in [0.29, 0.717) is 25.1 Å². The number of aryl methyl sites for hydroxylation is 3. The fourth-order valence-electron chi connectivity index (χ4n) is 3.72. The summed E-state index contributed by atoms with van der Waals surface area (Å²) in [6.45, 7) is 5.77. The number of fused-ring (bicyclic) bond motifs is 1. The lowest BCUT2D eigenvalue weighted by Crippen LogP contribution is -2.53. The van der Waals surface area contributed by atoms with Crippen molar-refractivity contribution >= 4 is 11.6 Å². The van der Waals surface area contributed by atoms with Crippen molar-refractivity contribution in [1.29, 1.82) is 0 Å². The Balaban J connectivity index is 1.40. The van der Waals surface area contributed by atoms with Gasteiger partial charge in [0.05, 0.1) is 24.0 Å². The highest BCUT2D eigenvalue weighted by molar-refractivity contribution is 6.00. The zero-order chi connectivity index (χ0) is 19.1. The third-order valence-corrected chi connectivity index (χ3v) is 5.32. The van der Waals surface area contributed by atoms with Crippen molar-refractivity contribution in [2.24, 2.45) is 7.05 Å². The smallest absolute Gasteiger partial charge is 0.257 e. The van der Waals surface area contributed by atoms with Gasteiger partial charge < -0.3 is 19.5 Å². The summed E-state index contributed by atoms with van der Waals surface area (Å²) in [5.41, 5.74) is 3.19. The third kappa shape index (κ3) is 3.24. The Morgan fingerprint density at radius 1 is 1.41 bits per heavy atom. The quantitative estimate of drug-likeness (QED) is 0.697. The van der Waals surface area contributed by atoms with E-state index in [1.54, 1.807) is 16.9 Å². The summed E-state index contributed by atoms with van der Waals surface area (Å²) >= 11 is 0. The Morgan fingerprint density at radius 2 is 2.22 bits per heavy atom. The minimum absolute atomic E-state index is 0.213. The van der Waals surface area contributed by atoms with Crippen molar-refractivity contribution < 1.29 is 14.4 Å². The number of nitrogens with one attached hydrogen (secondary N) is 1. The van der Waals surface area contributed by atoms with E-state index >= 15 is 0 Å². The molecule has 1 aliphatic rings. The molecular weight excluding hydrogens is 348 g/mol. The molecule has 1 fully saturated rings. The number of aliphatic hydroxyl groups is 1. The van der Waals surface area contributed by atoms with E-state index in [1.807, 2.05) is 31.7 Å². The van der Waals surface area contributed by atoms with E-state index < -0.39 is 6.10 Å². The van der Waals surface area contributed by atoms with Gasteiger partial charge in [0.25, 0.3) is 5.91 Å². The van der Waals surface area contributed by atoms with Crippen molar-refractivity contribution in [3.63, 3.8) is 0 Å². The van der Waals surface area contributed by atoms with Gasteiger partial charge in [-0.3, -0.25) is 9.69 Å². The van der Waals surface area contributed by atoms with Crippen LogP contribution in [0.15, 0.2) is 23.1 Å². The lowest BCUT2D eigenvalue weighted by Gasteiger charge is -2.36. The van der Waals surface area contributed by atoms with Gasteiger partial charge >= 0.3 is 0 Å². The van der Waals surface area contributed by atoms with Crippen LogP contribution in [-0.2, 0) is 13.6 Å². The fraction of sp³-hybridized carbons (Fsp3) is 0.500. The number of nitrogens with zero attached hydrogens (tertiary/aromatic N) is 5. The second kappa shape index (κ2) is 6.82. The highest BCUT2D eigenvalue weighted by Crippen LogP contribution is 2.20. The minimum atomic E-state index is -0.636. The Labute approximate surface area is 156 Å². The summed E-state index contributed by atoms with van der Waals surface area (Å²) < 4.78 is 8.73. The molecule has 2 atom stereocenters. The average Bonchev–Trinajstić information content (AvgIpc) is 3.30. The van der Waals surface area contributed by atoms with Gasteiger partial charge in [0.15, 0.2) is 0 Å². The second-order valence-electron chi connectivity index (χ2n) is 7.21. The standard InChI is InChI=1S/C18H24N6O3/c1-11-14(12(2)27-21-11)9-23-5-4-15(16(25)10-23)20-17(26)13-8-19-24-7-6-22(3)18(13)24/h6-8,15-16,25H,4-5,9-10H2,1-3H3,(H,20,26)/t15-,16-/m1/s1. The van der Waals surface area contributed by atoms with E-state index in [2.05, 4.69) is 20.5 Å². The Hall–Kier alpha value is -2.65. The third-order valence-electron chi connectivity index (χ3n) is 5.32. The number of aromatic nitrogens is 4. The van der Waals surface area contributed by atoms with E-state index in [-0.39, 0.29) is 11.9 Å². The molecule has 0 spiro atoms. The highest BCUT2D eigenvalue weighted by atomic mass is 16.5. The van der Waals surface area contributed by atoms with Gasteiger partial charge in [-0.2, -0.15) is 5.10 Å². The molecule has 3 aromatic rings. The molecule has 4 rings (SSSR count). The largest absolute Gasteiger partial charge is 0.390 e. The molecule has 0 aromatic carbocycles. The zero-order valence-corrected chi connectivity index (χ0v) is 15.7. The normalized spacial score (nSPS) is 21.0. The van der Waals surface area contributed by atoms with Crippen LogP contribution in [0.1, 0.15) is 33.8 Å². The summed E-state index contributed by atoms with van der Waals surface area (Å²) in [6.07, 6.45) is 5.25. The second-order valence-corrected chi connectivity index (χ2v) is 7.21. The first-order valence-corrected chi connectivity index (χ1v) is 9.05. The number of β-amino-alcohol motifs (C(OH)–C–C–N with tert-alkyl or cyclic N) is 1. The predicted molar refractivity (Wildman–Crippen MR) is 97.3 cm³/mol. The van der Waals surface area contributed by atoms with Gasteiger partial charge in [-0.25, -0.2) is 4.52 Å². The number of piperidine rings is 1. The molecule has 1 amide bonds. The highest BCUT2D eigenvalue weighted by Gasteiger charge is 2.30. The number of likely N-dealkylation sites (tertiary alicyclic amines) is 1. The maximum atomic E-state index is 12.7. The van der Waals surface area contributed by atoms with Crippen molar-refractivity contribution in [2.75, 3.05) is 13.1 Å². The summed E-state index contributed by atoms with van der Waals surface area (Å²) in [4.78, 5) is 14.8. The van der Waals surface area contributed by atoms with Crippen LogP contribution in [0.4, 0.5) is 0 Å². The molecule has 4 heterocycles. The van der Waals surface area contributed by atoms with Gasteiger partial charge in [0.2, 0.25) is 0 Å². The monoisotopic (exact) mass is 372 g/mol. The maximum absolute atomic E-state index is 12.7. The van der Waals surface area contributed by atoms with Gasteiger partial charge in [-0.05, 0) is 20.3 Å². The van der Waals surface area contributed by atoms with Crippen LogP contribution >= 0.6 is 0 Å². The van der Waals surface area contributed by atoms with Crippen LogP contribution in [0.2, 0.25) is 0 Å². The van der Waals surface area contributed by atoms with Gasteiger partial charge in [-0.15, -0.1) is 0 Å². The Kier molecular flexibility index (Phi) is 4.48. The van der Waals surface area contributed by atoms with E-state index in [9.17, 15) is 9.90 Å². The van der Waals surface area contributed by atoms with Crippen LogP contribution in [-0.4, -0.2) is 60.5 Å². The van der Waals surface area contributed by atoms with Gasteiger partial charge in [-0.1, -0.05) is 5.16 Å². The SMILES string of the molecule is Cc1noc(C)c1CN1CC[C@@H](NC(=O)c2cnn3ccn(C)c23)[C@H](O)C1. The molecule has 0 unspecified atom stereocenters. The molecule has 2 N–H and O–H groups in total. The topological polar surface area (TPSA) is 101 Å². The molecule has 0 saturated carbocycles. The van der Waals surface area contributed by atoms with Crippen LogP contribution in [0.3, 0.4) is 0 Å². The minimum Gasteiger partial charge on any atom is -0.390 e. The molecule has 3 aromatic heterocycles. The molecular formula is C18H24N6O3. The van der Waals surface area contributed by atoms with Crippen LogP contribution in [0, 0.1) is 13.8 Å². The summed E-state index contributed by atoms with van der Waals surface area (Å²) in [6, 6.07) is -0.284. The summed E-state index contributed by atoms with van der Waals surface area (Å²) in [5, 5.41) is 21.7. The van der Waals surface area contributed by atoms with E-state index in [1.165, 1.54) is 0 Å². The lowest BCUT2D eigenvalue weighted by atomic mass is 10.0. The van der Waals surface area contributed by atoms with Gasteiger partial charge in [0, 0.05) is 44.6 Å². The Bertz CT molecular complexity index is 952. The molecule has 0 radical (unpaired) electrons. The molecule has 9 nitrogen and oxygen atoms in total. The van der Waals surface area contributed by atoms with Crippen LogP contribution < -0.4 is 5.32 Å². The number of amides is 1. The number of hydrogen-bond acceptors (Lipinski definition) is 6. The molecule has 0 bridgehead atoms. The number of aliphatic hydroxyl groups excluding tert-OH is 1. The number of carbonyl (C=O) groups is 1. The number of carbonyl (C=O) groups excluding carboxylic acids is 1. The number of hydrogen-bond donors (Lipinski definition) is 2. The van der Waals surface area contributed by atoms with Crippen molar-refractivity contribution in [1.82, 2.24) is 29.6 Å². The number of rotatable bonds is 4. The Morgan fingerprint density at radius 3 is 2.93 bits per heavy atom. The van der Waals surface area contributed by atoms with Crippen molar-refractivity contribution in [3.05, 3.63) is 41.2 Å². The first-order chi connectivity index (χ1) is 12.9. The summed E-state index contributed by atoms with van der Waals surface area (Å²) in [5.74, 6) is 0.597. The van der Waals surface area contributed by atoms with Crippen molar-refractivity contribution in [3.8, 4) is 0 Å². The first-order valence-electron chi connectivity index (χ1n) is 9.05. The molecule has 9 heteroatoms. The maximum Gasteiger partial charge on any atom is 0.257 e. The van der Waals surface area contributed by atoms with Gasteiger partial charge in [0.1, 0.15) is 17.0 Å². The predicted octanol–water partition coefficient (Wildman–Crippen LogP) is 0.643. The molecule has 1 aliphatic heterocycles. The molecule has 27 heavy (non-hydrogen) atoms. The molecule has 1 saturated heterocycles. The van der Waals surface area contributed by atoms with Crippen LogP contribution in [0.5, 0.6) is 0 Å².